The first-order valence-corrected chi connectivity index (χ1v) is 9.77. The smallest absolute Gasteiger partial charge is 0.271 e. The van der Waals surface area contributed by atoms with Gasteiger partial charge in [0, 0.05) is 17.8 Å². The van der Waals surface area contributed by atoms with Crippen LogP contribution in [0.15, 0.2) is 24.3 Å². The summed E-state index contributed by atoms with van der Waals surface area (Å²) in [5.74, 6) is 0. The lowest BCUT2D eigenvalue weighted by Crippen LogP contribution is -2.65. The molecule has 2 heterocycles. The van der Waals surface area contributed by atoms with E-state index in [0.29, 0.717) is 0 Å². The van der Waals surface area contributed by atoms with Crippen molar-refractivity contribution in [2.75, 3.05) is 18.5 Å². The van der Waals surface area contributed by atoms with E-state index < -0.39 is 79.5 Å². The van der Waals surface area contributed by atoms with Gasteiger partial charge in [0.25, 0.3) is 5.69 Å². The van der Waals surface area contributed by atoms with Crippen molar-refractivity contribution in [1.82, 2.24) is 0 Å². The van der Waals surface area contributed by atoms with Crippen LogP contribution in [0.5, 0.6) is 0 Å². The van der Waals surface area contributed by atoms with E-state index in [0.717, 1.165) is 0 Å². The van der Waals surface area contributed by atoms with E-state index in [1.165, 1.54) is 24.3 Å². The van der Waals surface area contributed by atoms with Crippen molar-refractivity contribution in [3.05, 3.63) is 34.4 Å². The van der Waals surface area contributed by atoms with Crippen LogP contribution in [0, 0.1) is 10.1 Å². The Morgan fingerprint density at radius 3 is 2.25 bits per heavy atom. The van der Waals surface area contributed by atoms with E-state index in [1.807, 2.05) is 0 Å². The highest BCUT2D eigenvalue weighted by Crippen LogP contribution is 2.30. The van der Waals surface area contributed by atoms with Gasteiger partial charge < -0.3 is 55.3 Å². The van der Waals surface area contributed by atoms with Crippen LogP contribution in [-0.2, 0) is 14.2 Å². The van der Waals surface area contributed by atoms with Gasteiger partial charge in [0.1, 0.15) is 48.8 Å². The van der Waals surface area contributed by atoms with Gasteiger partial charge in [0.15, 0.2) is 12.5 Å². The number of nitro groups is 1. The predicted molar refractivity (Wildman–Crippen MR) is 103 cm³/mol. The van der Waals surface area contributed by atoms with E-state index in [1.54, 1.807) is 0 Å². The number of hydrogen-bond acceptors (Lipinski definition) is 13. The van der Waals surface area contributed by atoms with Crippen molar-refractivity contribution >= 4 is 11.4 Å². The molecule has 14 heteroatoms. The van der Waals surface area contributed by atoms with Crippen molar-refractivity contribution in [2.45, 2.75) is 61.3 Å². The summed E-state index contributed by atoms with van der Waals surface area (Å²) in [6, 6.07) is 5.33. The van der Waals surface area contributed by atoms with Crippen molar-refractivity contribution < 1.29 is 54.9 Å². The van der Waals surface area contributed by atoms with E-state index in [4.69, 9.17) is 14.2 Å². The average molecular weight is 462 g/mol. The van der Waals surface area contributed by atoms with Gasteiger partial charge in [-0.15, -0.1) is 0 Å². The lowest BCUT2D eigenvalue weighted by atomic mass is 9.96. The van der Waals surface area contributed by atoms with Gasteiger partial charge in [0.2, 0.25) is 0 Å². The van der Waals surface area contributed by atoms with Crippen LogP contribution in [0.2, 0.25) is 0 Å². The lowest BCUT2D eigenvalue weighted by molar-refractivity contribution is -0.384. The molecule has 0 aromatic heterocycles. The van der Waals surface area contributed by atoms with Gasteiger partial charge >= 0.3 is 0 Å². The molecule has 1 aromatic carbocycles. The molecule has 0 radical (unpaired) electrons. The number of nitrogens with one attached hydrogen (secondary N) is 1. The molecule has 14 nitrogen and oxygen atoms in total. The van der Waals surface area contributed by atoms with Gasteiger partial charge in [-0.3, -0.25) is 10.1 Å². The van der Waals surface area contributed by atoms with Crippen molar-refractivity contribution in [2.24, 2.45) is 0 Å². The molecule has 32 heavy (non-hydrogen) atoms. The summed E-state index contributed by atoms with van der Waals surface area (Å²) in [5.41, 5.74) is -0.0103. The van der Waals surface area contributed by atoms with E-state index in [9.17, 15) is 45.9 Å². The number of non-ortho nitro benzene ring substituents is 1. The number of ether oxygens (including phenoxy) is 3. The third-order valence-electron chi connectivity index (χ3n) is 5.37. The van der Waals surface area contributed by atoms with Crippen molar-refractivity contribution in [3.8, 4) is 0 Å². The molecule has 1 aromatic rings. The van der Waals surface area contributed by atoms with E-state index >= 15 is 0 Å². The second-order valence-electron chi connectivity index (χ2n) is 7.51. The normalized spacial score (nSPS) is 40.1. The predicted octanol–water partition coefficient (Wildman–Crippen LogP) is -3.37. The third-order valence-corrected chi connectivity index (χ3v) is 5.37. The van der Waals surface area contributed by atoms with Crippen LogP contribution in [-0.4, -0.2) is 115 Å². The number of benzene rings is 1. The monoisotopic (exact) mass is 462 g/mol. The fourth-order valence-corrected chi connectivity index (χ4v) is 3.58. The zero-order chi connectivity index (χ0) is 23.6. The van der Waals surface area contributed by atoms with Crippen LogP contribution in [0.4, 0.5) is 11.4 Å². The van der Waals surface area contributed by atoms with Gasteiger partial charge in [-0.1, -0.05) is 6.07 Å². The molecule has 2 saturated heterocycles. The number of aliphatic hydroxyl groups is 7. The minimum absolute atomic E-state index is 0.209. The molecule has 0 unspecified atom stereocenters. The molecule has 2 fully saturated rings. The first-order chi connectivity index (χ1) is 15.2. The summed E-state index contributed by atoms with van der Waals surface area (Å²) in [4.78, 5) is 10.3. The summed E-state index contributed by atoms with van der Waals surface area (Å²) in [6.45, 7) is -1.39. The first kappa shape index (κ1) is 24.7. The van der Waals surface area contributed by atoms with Crippen LogP contribution in [0.1, 0.15) is 0 Å². The molecule has 0 amide bonds. The molecular formula is C18H26N2O12. The SMILES string of the molecule is O=[N+]([O-])c1cccc(N[C@H]2O[C@H](CO)[C@@H](O[C@H]3O[C@@H](CO)[C@H](O)[C@@H](O)[C@@H]3O)[C@H](O)[C@@H]2O)c1. The Hall–Kier alpha value is -1.98. The number of anilines is 1. The Balaban J connectivity index is 1.72. The van der Waals surface area contributed by atoms with Crippen LogP contribution >= 0.6 is 0 Å². The molecule has 2 aliphatic rings. The average Bonchev–Trinajstić information content (AvgIpc) is 2.78. The molecule has 2 aliphatic heterocycles. The van der Waals surface area contributed by atoms with Crippen LogP contribution in [0.25, 0.3) is 0 Å². The van der Waals surface area contributed by atoms with E-state index in [-0.39, 0.29) is 11.4 Å². The number of nitrogens with zero attached hydrogens (tertiary/aromatic N) is 1. The molecule has 0 saturated carbocycles. The maximum atomic E-state index is 10.9. The number of rotatable bonds is 7. The fraction of sp³-hybridized carbons (Fsp3) is 0.667. The van der Waals surface area contributed by atoms with Crippen LogP contribution in [0.3, 0.4) is 0 Å². The summed E-state index contributed by atoms with van der Waals surface area (Å²) >= 11 is 0. The maximum absolute atomic E-state index is 10.9. The number of nitro benzene ring substituents is 1. The van der Waals surface area contributed by atoms with Gasteiger partial charge in [0.05, 0.1) is 18.1 Å². The Labute approximate surface area is 181 Å². The minimum Gasteiger partial charge on any atom is -0.394 e. The highest BCUT2D eigenvalue weighted by Gasteiger charge is 2.50. The number of hydrogen-bond donors (Lipinski definition) is 8. The zero-order valence-corrected chi connectivity index (χ0v) is 16.6. The second-order valence-corrected chi connectivity index (χ2v) is 7.51. The topological polar surface area (TPSA) is 224 Å². The van der Waals surface area contributed by atoms with Crippen molar-refractivity contribution in [1.29, 1.82) is 0 Å². The first-order valence-electron chi connectivity index (χ1n) is 9.77. The summed E-state index contributed by atoms with van der Waals surface area (Å²) in [7, 11) is 0. The minimum atomic E-state index is -1.77. The summed E-state index contributed by atoms with van der Waals surface area (Å²) in [6.07, 6.45) is -15.3. The molecule has 10 atom stereocenters. The molecule has 0 spiro atoms. The highest BCUT2D eigenvalue weighted by molar-refractivity contribution is 5.51. The fourth-order valence-electron chi connectivity index (χ4n) is 3.58. The maximum Gasteiger partial charge on any atom is 0.271 e. The molecule has 0 aliphatic carbocycles. The number of aliphatic hydroxyl groups excluding tert-OH is 7. The van der Waals surface area contributed by atoms with Gasteiger partial charge in [-0.05, 0) is 6.07 Å². The Morgan fingerprint density at radius 2 is 1.62 bits per heavy atom. The Morgan fingerprint density at radius 1 is 0.938 bits per heavy atom. The zero-order valence-electron chi connectivity index (χ0n) is 16.6. The lowest BCUT2D eigenvalue weighted by Gasteiger charge is -2.46. The summed E-state index contributed by atoms with van der Waals surface area (Å²) < 4.78 is 16.2. The van der Waals surface area contributed by atoms with Gasteiger partial charge in [-0.2, -0.15) is 0 Å². The Kier molecular flexibility index (Phi) is 7.94. The third kappa shape index (κ3) is 4.99. The molecule has 0 bridgehead atoms. The quantitative estimate of drug-likeness (QED) is 0.146. The molecular weight excluding hydrogens is 436 g/mol. The standard InChI is InChI=1S/C18H26N2O12/c21-5-9-11(23)12(24)15(27)18(31-9)32-16-10(6-22)30-17(14(26)13(16)25)19-7-2-1-3-8(4-7)20(28)29/h1-4,9-19,21-27H,5-6H2/t9-,10+,11-,12+,13+,14-,15-,16+,17-,18+/m0/s1. The Bertz CT molecular complexity index is 780. The van der Waals surface area contributed by atoms with E-state index in [2.05, 4.69) is 5.32 Å². The second kappa shape index (κ2) is 10.3. The molecule has 180 valence electrons. The largest absolute Gasteiger partial charge is 0.394 e. The van der Waals surface area contributed by atoms with Crippen LogP contribution < -0.4 is 5.32 Å². The summed E-state index contributed by atoms with van der Waals surface area (Å²) in [5, 5.41) is 83.5. The van der Waals surface area contributed by atoms with Gasteiger partial charge in [-0.25, -0.2) is 0 Å². The molecule has 8 N–H and O–H groups in total. The highest BCUT2D eigenvalue weighted by atomic mass is 16.7. The molecule has 3 rings (SSSR count). The van der Waals surface area contributed by atoms with Crippen molar-refractivity contribution in [3.63, 3.8) is 0 Å².